The summed E-state index contributed by atoms with van der Waals surface area (Å²) in [5.74, 6) is -0.865. The molecule has 0 saturated carbocycles. The average Bonchev–Trinajstić information content (AvgIpc) is 3.25. The van der Waals surface area contributed by atoms with Gasteiger partial charge >= 0.3 is 0 Å². The van der Waals surface area contributed by atoms with Gasteiger partial charge in [0.05, 0.1) is 11.1 Å². The number of halogens is 1. The predicted octanol–water partition coefficient (Wildman–Crippen LogP) is 4.43. The Morgan fingerprint density at radius 1 is 0.909 bits per heavy atom. The first kappa shape index (κ1) is 20.3. The molecule has 0 aliphatic rings. The standard InChI is InChI=1S/C25H18FN5O2/c26-18-10-8-15(9-11-18)13-28-23(32)19-6-3-7-20-22(19)30-25(29-20)31-24(33)21-12-16-4-1-2-5-17(16)14-27-21/h1-12,14H,13H2,(H,28,32)(H2,29,30,31,33). The highest BCUT2D eigenvalue weighted by Crippen LogP contribution is 2.20. The smallest absolute Gasteiger partial charge is 0.276 e. The van der Waals surface area contributed by atoms with Gasteiger partial charge in [-0.1, -0.05) is 42.5 Å². The molecule has 33 heavy (non-hydrogen) atoms. The third-order valence-corrected chi connectivity index (χ3v) is 5.22. The monoisotopic (exact) mass is 439 g/mol. The number of pyridine rings is 1. The van der Waals surface area contributed by atoms with Gasteiger partial charge in [-0.2, -0.15) is 0 Å². The molecule has 5 aromatic rings. The summed E-state index contributed by atoms with van der Waals surface area (Å²) in [6.45, 7) is 0.247. The van der Waals surface area contributed by atoms with Crippen LogP contribution in [0.1, 0.15) is 26.4 Å². The Hall–Kier alpha value is -4.59. The maximum Gasteiger partial charge on any atom is 0.276 e. The molecule has 0 aliphatic carbocycles. The number of rotatable bonds is 5. The van der Waals surface area contributed by atoms with E-state index in [1.807, 2.05) is 24.3 Å². The van der Waals surface area contributed by atoms with Gasteiger partial charge in [-0.25, -0.2) is 9.37 Å². The maximum absolute atomic E-state index is 13.1. The minimum absolute atomic E-state index is 0.212. The summed E-state index contributed by atoms with van der Waals surface area (Å²) in [4.78, 5) is 37.1. The number of aromatic amines is 1. The zero-order valence-electron chi connectivity index (χ0n) is 17.3. The van der Waals surface area contributed by atoms with Crippen molar-refractivity contribution in [1.29, 1.82) is 0 Å². The lowest BCUT2D eigenvalue weighted by atomic mass is 10.1. The van der Waals surface area contributed by atoms with Crippen molar-refractivity contribution in [1.82, 2.24) is 20.3 Å². The van der Waals surface area contributed by atoms with E-state index in [2.05, 4.69) is 25.6 Å². The first-order valence-electron chi connectivity index (χ1n) is 10.2. The number of hydrogen-bond donors (Lipinski definition) is 3. The van der Waals surface area contributed by atoms with Crippen molar-refractivity contribution in [2.24, 2.45) is 0 Å². The number of nitrogens with zero attached hydrogens (tertiary/aromatic N) is 2. The number of amides is 2. The summed E-state index contributed by atoms with van der Waals surface area (Å²) in [5, 5.41) is 7.36. The average molecular weight is 439 g/mol. The molecule has 7 nitrogen and oxygen atoms in total. The number of hydrogen-bond acceptors (Lipinski definition) is 4. The molecule has 3 aromatic carbocycles. The van der Waals surface area contributed by atoms with Crippen LogP contribution in [0.3, 0.4) is 0 Å². The summed E-state index contributed by atoms with van der Waals surface area (Å²) in [7, 11) is 0. The minimum atomic E-state index is -0.415. The van der Waals surface area contributed by atoms with Crippen LogP contribution >= 0.6 is 0 Å². The number of fused-ring (bicyclic) bond motifs is 2. The van der Waals surface area contributed by atoms with Gasteiger partial charge in [-0.05, 0) is 41.3 Å². The van der Waals surface area contributed by atoms with Crippen molar-refractivity contribution in [2.75, 3.05) is 5.32 Å². The highest BCUT2D eigenvalue weighted by atomic mass is 19.1. The van der Waals surface area contributed by atoms with E-state index in [4.69, 9.17) is 0 Å². The number of imidazole rings is 1. The highest BCUT2D eigenvalue weighted by Gasteiger charge is 2.16. The predicted molar refractivity (Wildman–Crippen MR) is 123 cm³/mol. The molecule has 0 bridgehead atoms. The minimum Gasteiger partial charge on any atom is -0.348 e. The van der Waals surface area contributed by atoms with Crippen molar-refractivity contribution in [3.8, 4) is 0 Å². The van der Waals surface area contributed by atoms with Gasteiger partial charge in [-0.15, -0.1) is 0 Å². The van der Waals surface area contributed by atoms with E-state index in [0.717, 1.165) is 16.3 Å². The zero-order valence-corrected chi connectivity index (χ0v) is 17.3. The van der Waals surface area contributed by atoms with Crippen molar-refractivity contribution in [3.63, 3.8) is 0 Å². The molecule has 0 saturated heterocycles. The number of H-pyrrole nitrogens is 1. The number of para-hydroxylation sites is 1. The summed E-state index contributed by atoms with van der Waals surface area (Å²) in [6.07, 6.45) is 1.65. The fourth-order valence-electron chi connectivity index (χ4n) is 3.53. The molecule has 5 rings (SSSR count). The molecule has 2 amide bonds. The van der Waals surface area contributed by atoms with Gasteiger partial charge in [-0.3, -0.25) is 19.9 Å². The fourth-order valence-corrected chi connectivity index (χ4v) is 3.53. The number of aromatic nitrogens is 3. The Kier molecular flexibility index (Phi) is 5.24. The SMILES string of the molecule is O=C(Nc1nc2c(C(=O)NCc3ccc(F)cc3)cccc2[nH]1)c1cc2ccccc2cn1. The molecular formula is C25H18FN5O2. The van der Waals surface area contributed by atoms with Crippen LogP contribution in [0, 0.1) is 5.82 Å². The van der Waals surface area contributed by atoms with Crippen molar-refractivity contribution in [2.45, 2.75) is 6.54 Å². The van der Waals surface area contributed by atoms with E-state index in [1.54, 1.807) is 42.6 Å². The third-order valence-electron chi connectivity index (χ3n) is 5.22. The quantitative estimate of drug-likeness (QED) is 0.377. The lowest BCUT2D eigenvalue weighted by Crippen LogP contribution is -2.23. The fraction of sp³-hybridized carbons (Fsp3) is 0.0400. The molecule has 0 atom stereocenters. The molecule has 0 aliphatic heterocycles. The third kappa shape index (κ3) is 4.27. The maximum atomic E-state index is 13.1. The Bertz CT molecular complexity index is 1490. The van der Waals surface area contributed by atoms with Crippen molar-refractivity contribution < 1.29 is 14.0 Å². The van der Waals surface area contributed by atoms with E-state index in [9.17, 15) is 14.0 Å². The topological polar surface area (TPSA) is 99.8 Å². The first-order chi connectivity index (χ1) is 16.1. The Balaban J connectivity index is 1.34. The first-order valence-corrected chi connectivity index (χ1v) is 10.2. The number of anilines is 1. The number of carbonyl (C=O) groups excluding carboxylic acids is 2. The van der Waals surface area contributed by atoms with Crippen molar-refractivity contribution in [3.05, 3.63) is 102 Å². The van der Waals surface area contributed by atoms with Crippen LogP contribution in [0.2, 0.25) is 0 Å². The van der Waals surface area contributed by atoms with Gasteiger partial charge in [0.1, 0.15) is 17.0 Å². The molecular weight excluding hydrogens is 421 g/mol. The van der Waals surface area contributed by atoms with Crippen LogP contribution in [0.15, 0.2) is 79.0 Å². The van der Waals surface area contributed by atoms with E-state index < -0.39 is 5.91 Å². The molecule has 0 radical (unpaired) electrons. The Labute approximate surface area is 187 Å². The zero-order chi connectivity index (χ0) is 22.8. The van der Waals surface area contributed by atoms with Crippen LogP contribution in [-0.2, 0) is 6.54 Å². The Morgan fingerprint density at radius 3 is 2.52 bits per heavy atom. The van der Waals surface area contributed by atoms with Crippen LogP contribution in [0.25, 0.3) is 21.8 Å². The van der Waals surface area contributed by atoms with Gasteiger partial charge in [0.2, 0.25) is 5.95 Å². The molecule has 2 aromatic heterocycles. The largest absolute Gasteiger partial charge is 0.348 e. The summed E-state index contributed by atoms with van der Waals surface area (Å²) in [5.41, 5.74) is 2.42. The molecule has 162 valence electrons. The summed E-state index contributed by atoms with van der Waals surface area (Å²) in [6, 6.07) is 20.4. The number of nitrogens with one attached hydrogen (secondary N) is 3. The number of benzene rings is 3. The van der Waals surface area contributed by atoms with E-state index >= 15 is 0 Å². The second-order valence-corrected chi connectivity index (χ2v) is 7.47. The Morgan fingerprint density at radius 2 is 1.70 bits per heavy atom. The van der Waals surface area contributed by atoms with Crippen LogP contribution in [0.4, 0.5) is 10.3 Å². The number of carbonyl (C=O) groups is 2. The van der Waals surface area contributed by atoms with Crippen molar-refractivity contribution >= 4 is 39.6 Å². The second kappa shape index (κ2) is 8.51. The van der Waals surface area contributed by atoms with Gasteiger partial charge in [0.25, 0.3) is 11.8 Å². The highest BCUT2D eigenvalue weighted by molar-refractivity contribution is 6.07. The van der Waals surface area contributed by atoms with Crippen LogP contribution < -0.4 is 10.6 Å². The van der Waals surface area contributed by atoms with Crippen LogP contribution in [-0.4, -0.2) is 26.8 Å². The summed E-state index contributed by atoms with van der Waals surface area (Å²) >= 11 is 0. The van der Waals surface area contributed by atoms with Gasteiger partial charge in [0.15, 0.2) is 0 Å². The molecule has 2 heterocycles. The van der Waals surface area contributed by atoms with Gasteiger partial charge < -0.3 is 10.3 Å². The normalized spacial score (nSPS) is 10.9. The summed E-state index contributed by atoms with van der Waals surface area (Å²) < 4.78 is 13.1. The van der Waals surface area contributed by atoms with E-state index in [-0.39, 0.29) is 29.9 Å². The van der Waals surface area contributed by atoms with E-state index in [0.29, 0.717) is 16.6 Å². The second-order valence-electron chi connectivity index (χ2n) is 7.47. The van der Waals surface area contributed by atoms with Crippen LogP contribution in [0.5, 0.6) is 0 Å². The lowest BCUT2D eigenvalue weighted by molar-refractivity contribution is 0.0951. The molecule has 8 heteroatoms. The molecule has 3 N–H and O–H groups in total. The van der Waals surface area contributed by atoms with Gasteiger partial charge in [0, 0.05) is 18.1 Å². The molecule has 0 spiro atoms. The molecule has 0 fully saturated rings. The lowest BCUT2D eigenvalue weighted by Gasteiger charge is -2.06. The molecule has 0 unspecified atom stereocenters. The van der Waals surface area contributed by atoms with E-state index in [1.165, 1.54) is 12.1 Å².